The van der Waals surface area contributed by atoms with E-state index in [4.69, 9.17) is 10.5 Å². The van der Waals surface area contributed by atoms with Gasteiger partial charge in [-0.15, -0.1) is 0 Å². The first-order valence-electron chi connectivity index (χ1n) is 6.36. The number of hydrogen-bond acceptors (Lipinski definition) is 4. The van der Waals surface area contributed by atoms with E-state index in [1.165, 1.54) is 0 Å². The van der Waals surface area contributed by atoms with E-state index in [2.05, 4.69) is 21.6 Å². The second kappa shape index (κ2) is 3.98. The van der Waals surface area contributed by atoms with Gasteiger partial charge in [0.05, 0.1) is 11.8 Å². The maximum atomic E-state index is 6.08. The van der Waals surface area contributed by atoms with Crippen molar-refractivity contribution in [2.75, 3.05) is 12.3 Å². The van der Waals surface area contributed by atoms with Crippen LogP contribution in [0.4, 0.5) is 5.95 Å². The Morgan fingerprint density at radius 3 is 2.94 bits per heavy atom. The largest absolute Gasteiger partial charge is 0.378 e. The zero-order valence-electron chi connectivity index (χ0n) is 11.1. The van der Waals surface area contributed by atoms with E-state index in [1.54, 1.807) is 0 Å². The van der Waals surface area contributed by atoms with Crippen molar-refractivity contribution in [1.82, 2.24) is 19.3 Å². The first kappa shape index (κ1) is 11.5. The normalized spacial score (nSPS) is 24.8. The number of anilines is 1. The van der Waals surface area contributed by atoms with Gasteiger partial charge in [0.15, 0.2) is 5.65 Å². The van der Waals surface area contributed by atoms with Crippen LogP contribution in [0.3, 0.4) is 0 Å². The van der Waals surface area contributed by atoms with Crippen LogP contribution in [0.25, 0.3) is 11.2 Å². The third-order valence-corrected chi connectivity index (χ3v) is 3.68. The molecular formula is C12H19N5O. The van der Waals surface area contributed by atoms with Crippen molar-refractivity contribution in [3.8, 4) is 0 Å². The molecule has 3 rings (SSSR count). The third-order valence-electron chi connectivity index (χ3n) is 3.68. The Labute approximate surface area is 106 Å². The highest BCUT2D eigenvalue weighted by Crippen LogP contribution is 2.31. The summed E-state index contributed by atoms with van der Waals surface area (Å²) in [6, 6.07) is 0.355. The average Bonchev–Trinajstić information content (AvgIpc) is 2.78. The van der Waals surface area contributed by atoms with Crippen LogP contribution in [0.15, 0.2) is 0 Å². The van der Waals surface area contributed by atoms with Gasteiger partial charge in [-0.2, -0.15) is 5.10 Å². The smallest absolute Gasteiger partial charge is 0.202 e. The molecule has 2 unspecified atom stereocenters. The molecule has 98 valence electrons. The molecule has 1 aliphatic heterocycles. The summed E-state index contributed by atoms with van der Waals surface area (Å²) < 4.78 is 9.59. The van der Waals surface area contributed by atoms with Gasteiger partial charge in [-0.05, 0) is 26.7 Å². The SMILES string of the molecule is Cc1nn(C)c2c1nc(N)n2C1CCOC(C)C1. The van der Waals surface area contributed by atoms with Gasteiger partial charge in [0, 0.05) is 19.7 Å². The molecule has 1 saturated heterocycles. The fraction of sp³-hybridized carbons (Fsp3) is 0.667. The fourth-order valence-corrected chi connectivity index (χ4v) is 2.88. The number of rotatable bonds is 1. The van der Waals surface area contributed by atoms with Gasteiger partial charge in [-0.3, -0.25) is 9.25 Å². The lowest BCUT2D eigenvalue weighted by molar-refractivity contribution is 0.00695. The maximum Gasteiger partial charge on any atom is 0.202 e. The van der Waals surface area contributed by atoms with Crippen molar-refractivity contribution < 1.29 is 4.74 Å². The summed E-state index contributed by atoms with van der Waals surface area (Å²) in [6.07, 6.45) is 2.22. The van der Waals surface area contributed by atoms with Crippen LogP contribution in [0.5, 0.6) is 0 Å². The Balaban J connectivity index is 2.12. The molecule has 0 aliphatic carbocycles. The first-order chi connectivity index (χ1) is 8.58. The van der Waals surface area contributed by atoms with E-state index in [-0.39, 0.29) is 6.10 Å². The van der Waals surface area contributed by atoms with Crippen LogP contribution >= 0.6 is 0 Å². The standard InChI is InChI=1S/C12H19N5O/c1-7-6-9(4-5-18-7)17-11-10(14-12(17)13)8(2)15-16(11)3/h7,9H,4-6H2,1-3H3,(H2,13,14). The highest BCUT2D eigenvalue weighted by Gasteiger charge is 2.26. The molecule has 3 heterocycles. The molecule has 0 saturated carbocycles. The number of fused-ring (bicyclic) bond motifs is 1. The van der Waals surface area contributed by atoms with E-state index in [0.717, 1.165) is 36.3 Å². The maximum absolute atomic E-state index is 6.08. The van der Waals surface area contributed by atoms with E-state index >= 15 is 0 Å². The molecule has 18 heavy (non-hydrogen) atoms. The Hall–Kier alpha value is -1.56. The zero-order chi connectivity index (χ0) is 12.9. The first-order valence-corrected chi connectivity index (χ1v) is 6.36. The van der Waals surface area contributed by atoms with Crippen LogP contribution in [-0.2, 0) is 11.8 Å². The second-order valence-electron chi connectivity index (χ2n) is 5.08. The highest BCUT2D eigenvalue weighted by atomic mass is 16.5. The highest BCUT2D eigenvalue weighted by molar-refractivity contribution is 5.77. The molecule has 0 radical (unpaired) electrons. The van der Waals surface area contributed by atoms with E-state index in [9.17, 15) is 0 Å². The van der Waals surface area contributed by atoms with Crippen molar-refractivity contribution in [3.05, 3.63) is 5.69 Å². The molecule has 0 spiro atoms. The lowest BCUT2D eigenvalue weighted by Crippen LogP contribution is -2.26. The molecule has 0 aromatic carbocycles. The lowest BCUT2D eigenvalue weighted by Gasteiger charge is -2.29. The average molecular weight is 249 g/mol. The number of nitrogens with zero attached hydrogens (tertiary/aromatic N) is 4. The topological polar surface area (TPSA) is 70.9 Å². The molecule has 2 atom stereocenters. The minimum absolute atomic E-state index is 0.273. The summed E-state index contributed by atoms with van der Waals surface area (Å²) in [5.74, 6) is 0.584. The number of nitrogen functional groups attached to an aromatic ring is 1. The molecule has 0 amide bonds. The molecule has 2 aromatic heterocycles. The van der Waals surface area contributed by atoms with Gasteiger partial charge in [0.25, 0.3) is 0 Å². The number of ether oxygens (including phenoxy) is 1. The van der Waals surface area contributed by atoms with Gasteiger partial charge in [0.1, 0.15) is 5.52 Å². The molecule has 6 nitrogen and oxygen atoms in total. The Morgan fingerprint density at radius 1 is 1.44 bits per heavy atom. The number of nitrogens with two attached hydrogens (primary N) is 1. The zero-order valence-corrected chi connectivity index (χ0v) is 11.1. The summed E-state index contributed by atoms with van der Waals surface area (Å²) in [7, 11) is 1.94. The van der Waals surface area contributed by atoms with Crippen molar-refractivity contribution in [2.24, 2.45) is 7.05 Å². The van der Waals surface area contributed by atoms with Crippen LogP contribution < -0.4 is 5.73 Å². The van der Waals surface area contributed by atoms with Crippen molar-refractivity contribution in [1.29, 1.82) is 0 Å². The predicted octanol–water partition coefficient (Wildman–Crippen LogP) is 1.40. The number of aryl methyl sites for hydroxylation is 2. The van der Waals surface area contributed by atoms with Crippen LogP contribution in [0, 0.1) is 6.92 Å². The minimum atomic E-state index is 0.273. The summed E-state index contributed by atoms with van der Waals surface area (Å²) in [6.45, 7) is 4.85. The van der Waals surface area contributed by atoms with Gasteiger partial charge in [-0.25, -0.2) is 4.98 Å². The monoisotopic (exact) mass is 249 g/mol. The van der Waals surface area contributed by atoms with Crippen molar-refractivity contribution in [3.63, 3.8) is 0 Å². The van der Waals surface area contributed by atoms with Gasteiger partial charge < -0.3 is 10.5 Å². The summed E-state index contributed by atoms with van der Waals surface area (Å²) in [4.78, 5) is 4.45. The quantitative estimate of drug-likeness (QED) is 0.829. The summed E-state index contributed by atoms with van der Waals surface area (Å²) in [5.41, 5.74) is 8.94. The molecule has 1 aliphatic rings. The summed E-state index contributed by atoms with van der Waals surface area (Å²) in [5, 5.41) is 4.41. The number of imidazole rings is 1. The Bertz CT molecular complexity index is 585. The van der Waals surface area contributed by atoms with Crippen LogP contribution in [0.2, 0.25) is 0 Å². The Morgan fingerprint density at radius 2 is 2.22 bits per heavy atom. The van der Waals surface area contributed by atoms with Gasteiger partial charge in [0.2, 0.25) is 5.95 Å². The van der Waals surface area contributed by atoms with Crippen molar-refractivity contribution in [2.45, 2.75) is 38.8 Å². The second-order valence-corrected chi connectivity index (χ2v) is 5.08. The molecule has 6 heteroatoms. The molecule has 2 N–H and O–H groups in total. The van der Waals surface area contributed by atoms with E-state index in [0.29, 0.717) is 12.0 Å². The number of aromatic nitrogens is 4. The van der Waals surface area contributed by atoms with Crippen molar-refractivity contribution >= 4 is 17.1 Å². The third kappa shape index (κ3) is 1.59. The summed E-state index contributed by atoms with van der Waals surface area (Å²) >= 11 is 0. The van der Waals surface area contributed by atoms with E-state index < -0.39 is 0 Å². The van der Waals surface area contributed by atoms with Gasteiger partial charge >= 0.3 is 0 Å². The molecule has 1 fully saturated rings. The number of hydrogen-bond donors (Lipinski definition) is 1. The van der Waals surface area contributed by atoms with E-state index in [1.807, 2.05) is 18.7 Å². The molecular weight excluding hydrogens is 230 g/mol. The predicted molar refractivity (Wildman–Crippen MR) is 69.3 cm³/mol. The lowest BCUT2D eigenvalue weighted by atomic mass is 10.0. The van der Waals surface area contributed by atoms with Crippen LogP contribution in [0.1, 0.15) is 31.5 Å². The molecule has 0 bridgehead atoms. The molecule has 2 aromatic rings. The van der Waals surface area contributed by atoms with Gasteiger partial charge in [-0.1, -0.05) is 0 Å². The Kier molecular flexibility index (Phi) is 2.55. The minimum Gasteiger partial charge on any atom is -0.378 e. The van der Waals surface area contributed by atoms with Crippen LogP contribution in [-0.4, -0.2) is 32.0 Å². The fourth-order valence-electron chi connectivity index (χ4n) is 2.88.